The van der Waals surface area contributed by atoms with Crippen LogP contribution in [0, 0.1) is 5.41 Å². The van der Waals surface area contributed by atoms with E-state index in [4.69, 9.17) is 10.1 Å². The van der Waals surface area contributed by atoms with Crippen LogP contribution in [0.1, 0.15) is 19.4 Å². The zero-order valence-corrected chi connectivity index (χ0v) is 11.4. The molecule has 1 aromatic carbocycles. The monoisotopic (exact) mass is 301 g/mol. The number of ether oxygens (including phenoxy) is 1. The van der Waals surface area contributed by atoms with Crippen LogP contribution in [0.4, 0.5) is 18.9 Å². The van der Waals surface area contributed by atoms with Crippen molar-refractivity contribution in [2.24, 2.45) is 5.10 Å². The number of nitrogens with one attached hydrogen (secondary N) is 2. The van der Waals surface area contributed by atoms with Crippen molar-refractivity contribution >= 4 is 23.1 Å². The van der Waals surface area contributed by atoms with E-state index in [0.29, 0.717) is 0 Å². The van der Waals surface area contributed by atoms with E-state index in [1.807, 2.05) is 0 Å². The topological polar surface area (TPSA) is 74.5 Å². The van der Waals surface area contributed by atoms with Crippen molar-refractivity contribution in [2.75, 3.05) is 12.0 Å². The molecule has 21 heavy (non-hydrogen) atoms. The van der Waals surface area contributed by atoms with Crippen molar-refractivity contribution in [2.45, 2.75) is 20.0 Å². The highest BCUT2D eigenvalue weighted by molar-refractivity contribution is 6.64. The van der Waals surface area contributed by atoms with Crippen LogP contribution in [-0.4, -0.2) is 24.0 Å². The number of hydrazone groups is 1. The fraction of sp³-hybridized carbons (Fsp3) is 0.308. The van der Waals surface area contributed by atoms with Crippen molar-refractivity contribution in [3.8, 4) is 0 Å². The number of anilines is 1. The van der Waals surface area contributed by atoms with Crippen LogP contribution in [0.2, 0.25) is 0 Å². The number of benzene rings is 1. The Bertz CT molecular complexity index is 551. The average molecular weight is 301 g/mol. The second kappa shape index (κ2) is 6.87. The Kier molecular flexibility index (Phi) is 5.45. The normalized spacial score (nSPS) is 12.0. The molecule has 0 unspecified atom stereocenters. The molecule has 1 aromatic rings. The van der Waals surface area contributed by atoms with E-state index < -0.39 is 17.7 Å². The number of rotatable bonds is 5. The van der Waals surface area contributed by atoms with E-state index in [1.165, 1.54) is 19.1 Å². The third kappa shape index (κ3) is 4.90. The molecule has 5 nitrogen and oxygen atoms in total. The average Bonchev–Trinajstić information content (AvgIpc) is 2.38. The van der Waals surface area contributed by atoms with E-state index in [1.54, 1.807) is 6.92 Å². The molecule has 2 N–H and O–H groups in total. The van der Waals surface area contributed by atoms with Gasteiger partial charge in [0.15, 0.2) is 5.71 Å². The van der Waals surface area contributed by atoms with Crippen LogP contribution >= 0.6 is 0 Å². The fourth-order valence-corrected chi connectivity index (χ4v) is 1.34. The number of hydrogen-bond acceptors (Lipinski definition) is 5. The summed E-state index contributed by atoms with van der Waals surface area (Å²) in [5.41, 5.74) is 1.54. The largest absolute Gasteiger partial charge is 0.461 e. The van der Waals surface area contributed by atoms with Crippen LogP contribution < -0.4 is 5.43 Å². The van der Waals surface area contributed by atoms with Crippen LogP contribution in [0.25, 0.3) is 0 Å². The summed E-state index contributed by atoms with van der Waals surface area (Å²) in [6.07, 6.45) is -4.41. The van der Waals surface area contributed by atoms with Gasteiger partial charge < -0.3 is 10.1 Å². The minimum absolute atomic E-state index is 0.118. The molecule has 0 bridgehead atoms. The molecule has 0 heterocycles. The zero-order valence-electron chi connectivity index (χ0n) is 11.4. The molecule has 0 saturated carbocycles. The number of nitrogens with zero attached hydrogens (tertiary/aromatic N) is 1. The molecular formula is C13H14F3N3O2. The molecule has 0 spiro atoms. The standard InChI is InChI=1S/C13H14F3N3O2/c1-3-21-12(20)11(8(2)17)19-18-10-6-4-9(5-7-10)13(14,15)16/h4-7,17-18H,3H2,1-2H3/b17-8?,19-11+. The maximum Gasteiger partial charge on any atom is 0.416 e. The molecule has 0 aliphatic rings. The summed E-state index contributed by atoms with van der Waals surface area (Å²) >= 11 is 0. The minimum atomic E-state index is -4.41. The Labute approximate surface area is 119 Å². The lowest BCUT2D eigenvalue weighted by molar-refractivity contribution is -0.137. The van der Waals surface area contributed by atoms with E-state index in [-0.39, 0.29) is 23.7 Å². The third-order valence-corrected chi connectivity index (χ3v) is 2.33. The third-order valence-electron chi connectivity index (χ3n) is 2.33. The number of halogens is 3. The molecule has 8 heteroatoms. The number of carbonyl (C=O) groups excluding carboxylic acids is 1. The van der Waals surface area contributed by atoms with Gasteiger partial charge in [-0.15, -0.1) is 0 Å². The van der Waals surface area contributed by atoms with Crippen molar-refractivity contribution in [3.63, 3.8) is 0 Å². The quantitative estimate of drug-likeness (QED) is 0.498. The van der Waals surface area contributed by atoms with Crippen LogP contribution in [0.3, 0.4) is 0 Å². The minimum Gasteiger partial charge on any atom is -0.461 e. The summed E-state index contributed by atoms with van der Waals surface area (Å²) in [6, 6.07) is 4.13. The molecule has 0 aromatic heterocycles. The molecule has 0 amide bonds. The lowest BCUT2D eigenvalue weighted by Crippen LogP contribution is -2.25. The number of hydrogen-bond donors (Lipinski definition) is 2. The lowest BCUT2D eigenvalue weighted by atomic mass is 10.2. The van der Waals surface area contributed by atoms with Gasteiger partial charge in [0.05, 0.1) is 23.6 Å². The highest BCUT2D eigenvalue weighted by atomic mass is 19.4. The summed E-state index contributed by atoms with van der Waals surface area (Å²) in [7, 11) is 0. The predicted molar refractivity (Wildman–Crippen MR) is 72.5 cm³/mol. The summed E-state index contributed by atoms with van der Waals surface area (Å²) in [5.74, 6) is -0.774. The zero-order chi connectivity index (χ0) is 16.0. The molecule has 0 saturated heterocycles. The molecule has 0 aliphatic carbocycles. The fourth-order valence-electron chi connectivity index (χ4n) is 1.34. The van der Waals surface area contributed by atoms with Crippen molar-refractivity contribution in [3.05, 3.63) is 29.8 Å². The predicted octanol–water partition coefficient (Wildman–Crippen LogP) is 3.08. The van der Waals surface area contributed by atoms with Crippen LogP contribution in [-0.2, 0) is 15.7 Å². The Hall–Kier alpha value is -2.38. The molecule has 0 aliphatic heterocycles. The summed E-state index contributed by atoms with van der Waals surface area (Å²) in [4.78, 5) is 11.5. The van der Waals surface area contributed by atoms with Gasteiger partial charge in [-0.1, -0.05) is 0 Å². The first kappa shape index (κ1) is 16.7. The smallest absolute Gasteiger partial charge is 0.416 e. The van der Waals surface area contributed by atoms with Gasteiger partial charge in [-0.3, -0.25) is 5.43 Å². The molecule has 0 fully saturated rings. The second-order valence-electron chi connectivity index (χ2n) is 3.99. The van der Waals surface area contributed by atoms with Gasteiger partial charge >= 0.3 is 12.1 Å². The van der Waals surface area contributed by atoms with E-state index in [2.05, 4.69) is 10.5 Å². The van der Waals surface area contributed by atoms with Gasteiger partial charge in [0, 0.05) is 0 Å². The van der Waals surface area contributed by atoms with Gasteiger partial charge in [0.25, 0.3) is 0 Å². The van der Waals surface area contributed by atoms with Gasteiger partial charge in [-0.2, -0.15) is 18.3 Å². The first-order valence-electron chi connectivity index (χ1n) is 5.99. The maximum atomic E-state index is 12.4. The molecule has 0 radical (unpaired) electrons. The Morgan fingerprint density at radius 1 is 1.33 bits per heavy atom. The molecule has 0 atom stereocenters. The highest BCUT2D eigenvalue weighted by Gasteiger charge is 2.29. The number of alkyl halides is 3. The Balaban J connectivity index is 2.86. The number of carbonyl (C=O) groups is 1. The number of esters is 1. The highest BCUT2D eigenvalue weighted by Crippen LogP contribution is 2.29. The Morgan fingerprint density at radius 2 is 1.90 bits per heavy atom. The second-order valence-corrected chi connectivity index (χ2v) is 3.99. The molecular weight excluding hydrogens is 287 g/mol. The van der Waals surface area contributed by atoms with Crippen molar-refractivity contribution < 1.29 is 22.7 Å². The lowest BCUT2D eigenvalue weighted by Gasteiger charge is -2.08. The van der Waals surface area contributed by atoms with Gasteiger partial charge in [-0.25, -0.2) is 4.79 Å². The van der Waals surface area contributed by atoms with Crippen molar-refractivity contribution in [1.82, 2.24) is 0 Å². The van der Waals surface area contributed by atoms with Gasteiger partial charge in [0.2, 0.25) is 0 Å². The van der Waals surface area contributed by atoms with Gasteiger partial charge in [-0.05, 0) is 38.1 Å². The first-order chi connectivity index (χ1) is 9.75. The SMILES string of the molecule is CCOC(=O)/C(=N/Nc1ccc(C(F)(F)F)cc1)C(C)=N. The summed E-state index contributed by atoms with van der Waals surface area (Å²) in [6.45, 7) is 3.09. The summed E-state index contributed by atoms with van der Waals surface area (Å²) < 4.78 is 41.9. The van der Waals surface area contributed by atoms with Crippen LogP contribution in [0.5, 0.6) is 0 Å². The van der Waals surface area contributed by atoms with E-state index in [9.17, 15) is 18.0 Å². The van der Waals surface area contributed by atoms with Crippen molar-refractivity contribution in [1.29, 1.82) is 5.41 Å². The summed E-state index contributed by atoms with van der Waals surface area (Å²) in [5, 5.41) is 11.1. The molecule has 114 valence electrons. The first-order valence-corrected chi connectivity index (χ1v) is 5.99. The molecule has 1 rings (SSSR count). The van der Waals surface area contributed by atoms with E-state index in [0.717, 1.165) is 12.1 Å². The van der Waals surface area contributed by atoms with Crippen LogP contribution in [0.15, 0.2) is 29.4 Å². The maximum absolute atomic E-state index is 12.4. The van der Waals surface area contributed by atoms with Gasteiger partial charge in [0.1, 0.15) is 0 Å². The van der Waals surface area contributed by atoms with E-state index >= 15 is 0 Å². The Morgan fingerprint density at radius 3 is 2.33 bits per heavy atom.